The molecule has 172 valence electrons. The number of carbonyl (C=O) groups is 3. The van der Waals surface area contributed by atoms with Crippen LogP contribution in [0.3, 0.4) is 0 Å². The lowest BCUT2D eigenvalue weighted by atomic mass is 9.96. The first-order valence-electron chi connectivity index (χ1n) is 8.86. The average molecular weight is 452 g/mol. The number of methoxy groups -OCH3 is 1. The van der Waals surface area contributed by atoms with Crippen molar-refractivity contribution in [1.29, 1.82) is 0 Å². The third kappa shape index (κ3) is 4.56. The quantitative estimate of drug-likeness (QED) is 0.474. The second-order valence-corrected chi connectivity index (χ2v) is 6.93. The van der Waals surface area contributed by atoms with Crippen molar-refractivity contribution in [1.82, 2.24) is 9.80 Å². The number of likely N-dealkylation sites (tertiary alicyclic amines) is 1. The molecule has 2 saturated heterocycles. The highest BCUT2D eigenvalue weighted by molar-refractivity contribution is 5.84. The zero-order valence-corrected chi connectivity index (χ0v) is 15.7. The van der Waals surface area contributed by atoms with Crippen molar-refractivity contribution in [3.63, 3.8) is 0 Å². The lowest BCUT2D eigenvalue weighted by Gasteiger charge is -2.37. The SMILES string of the molecule is COC(=O)[C@@H]1COC(=O)N1C1CCN(C(=O)CCC(F)(C(F)(F)F)C(F)(F)F)CC1. The molecule has 2 amide bonds. The number of esters is 1. The second-order valence-electron chi connectivity index (χ2n) is 6.93. The fraction of sp³-hybridized carbons (Fsp3) is 0.812. The van der Waals surface area contributed by atoms with Gasteiger partial charge in [-0.1, -0.05) is 0 Å². The van der Waals surface area contributed by atoms with Gasteiger partial charge in [-0.15, -0.1) is 0 Å². The molecule has 0 radical (unpaired) electrons. The van der Waals surface area contributed by atoms with E-state index in [0.29, 0.717) is 0 Å². The first-order valence-corrected chi connectivity index (χ1v) is 8.86. The minimum absolute atomic E-state index is 0.0987. The van der Waals surface area contributed by atoms with Gasteiger partial charge in [-0.05, 0) is 12.8 Å². The average Bonchev–Trinajstić information content (AvgIpc) is 3.04. The van der Waals surface area contributed by atoms with Crippen LogP contribution >= 0.6 is 0 Å². The summed E-state index contributed by atoms with van der Waals surface area (Å²) >= 11 is 0. The van der Waals surface area contributed by atoms with Crippen molar-refractivity contribution in [2.75, 3.05) is 26.8 Å². The van der Waals surface area contributed by atoms with E-state index in [1.807, 2.05) is 0 Å². The summed E-state index contributed by atoms with van der Waals surface area (Å²) < 4.78 is 98.5. The monoisotopic (exact) mass is 452 g/mol. The predicted octanol–water partition coefficient (Wildman–Crippen LogP) is 2.58. The van der Waals surface area contributed by atoms with Crippen molar-refractivity contribution < 1.29 is 54.6 Å². The predicted molar refractivity (Wildman–Crippen MR) is 83.8 cm³/mol. The highest BCUT2D eigenvalue weighted by Crippen LogP contribution is 2.49. The van der Waals surface area contributed by atoms with Gasteiger partial charge in [0.25, 0.3) is 5.67 Å². The molecule has 0 unspecified atom stereocenters. The fourth-order valence-electron chi connectivity index (χ4n) is 3.43. The van der Waals surface area contributed by atoms with E-state index in [0.717, 1.165) is 16.9 Å². The van der Waals surface area contributed by atoms with E-state index in [-0.39, 0.29) is 32.5 Å². The number of alkyl halides is 7. The van der Waals surface area contributed by atoms with Gasteiger partial charge in [-0.3, -0.25) is 9.69 Å². The molecule has 0 bridgehead atoms. The van der Waals surface area contributed by atoms with Crippen LogP contribution in [0.5, 0.6) is 0 Å². The topological polar surface area (TPSA) is 76.2 Å². The van der Waals surface area contributed by atoms with Crippen LogP contribution in [0.1, 0.15) is 25.7 Å². The number of halogens is 7. The Morgan fingerprint density at radius 1 is 1.07 bits per heavy atom. The Labute approximate surface area is 166 Å². The summed E-state index contributed by atoms with van der Waals surface area (Å²) in [6.07, 6.45) is -16.4. The molecular weight excluding hydrogens is 433 g/mol. The van der Waals surface area contributed by atoms with Crippen molar-refractivity contribution in [2.45, 2.75) is 55.8 Å². The lowest BCUT2D eigenvalue weighted by Crippen LogP contribution is -2.54. The van der Waals surface area contributed by atoms with Crippen molar-refractivity contribution >= 4 is 18.0 Å². The maximum absolute atomic E-state index is 13.7. The maximum Gasteiger partial charge on any atom is 0.431 e. The summed E-state index contributed by atoms with van der Waals surface area (Å²) in [5, 5.41) is 0. The van der Waals surface area contributed by atoms with E-state index in [1.165, 1.54) is 0 Å². The van der Waals surface area contributed by atoms with Crippen LogP contribution in [0.4, 0.5) is 35.5 Å². The van der Waals surface area contributed by atoms with Gasteiger partial charge >= 0.3 is 24.4 Å². The van der Waals surface area contributed by atoms with Gasteiger partial charge in [0.15, 0.2) is 6.04 Å². The van der Waals surface area contributed by atoms with E-state index in [1.54, 1.807) is 0 Å². The number of amides is 2. The molecule has 0 aromatic carbocycles. The van der Waals surface area contributed by atoms with Crippen molar-refractivity contribution in [2.24, 2.45) is 0 Å². The lowest BCUT2D eigenvalue weighted by molar-refractivity contribution is -0.343. The number of hydrogen-bond acceptors (Lipinski definition) is 5. The molecule has 2 rings (SSSR count). The number of rotatable bonds is 5. The van der Waals surface area contributed by atoms with Crippen LogP contribution in [-0.2, 0) is 19.1 Å². The molecule has 2 aliphatic heterocycles. The van der Waals surface area contributed by atoms with Gasteiger partial charge in [0.1, 0.15) is 6.61 Å². The molecule has 0 aromatic rings. The van der Waals surface area contributed by atoms with Crippen LogP contribution < -0.4 is 0 Å². The molecular formula is C16H19F7N2O5. The maximum atomic E-state index is 13.7. The molecule has 0 aliphatic carbocycles. The summed E-state index contributed by atoms with van der Waals surface area (Å²) in [5.74, 6) is -1.78. The van der Waals surface area contributed by atoms with Crippen LogP contribution in [0, 0.1) is 0 Å². The van der Waals surface area contributed by atoms with E-state index < -0.39 is 60.9 Å². The first kappa shape index (κ1) is 24.0. The Kier molecular flexibility index (Phi) is 6.76. The molecule has 30 heavy (non-hydrogen) atoms. The summed E-state index contributed by atoms with van der Waals surface area (Å²) in [4.78, 5) is 37.8. The molecule has 0 aromatic heterocycles. The van der Waals surface area contributed by atoms with Gasteiger partial charge < -0.3 is 14.4 Å². The largest absolute Gasteiger partial charge is 0.467 e. The molecule has 14 heteroatoms. The van der Waals surface area contributed by atoms with Crippen LogP contribution in [0.2, 0.25) is 0 Å². The minimum atomic E-state index is -6.21. The standard InChI is InChI=1S/C16H19F7N2O5/c1-29-12(27)10-8-30-13(28)25(10)9-3-6-24(7-4-9)11(26)2-5-14(17,15(18,19)20)16(21,22)23/h9-10H,2-8H2,1H3/t10-/m0/s1. The second kappa shape index (κ2) is 8.46. The summed E-state index contributed by atoms with van der Waals surface area (Å²) in [6, 6.07) is -1.53. The summed E-state index contributed by atoms with van der Waals surface area (Å²) in [6.45, 7) is -0.422. The van der Waals surface area contributed by atoms with E-state index in [9.17, 15) is 45.1 Å². The first-order chi connectivity index (χ1) is 13.7. The molecule has 0 spiro atoms. The molecule has 0 saturated carbocycles. The summed E-state index contributed by atoms with van der Waals surface area (Å²) in [7, 11) is 1.12. The fourth-order valence-corrected chi connectivity index (χ4v) is 3.43. The highest BCUT2D eigenvalue weighted by atomic mass is 19.4. The number of nitrogens with zero attached hydrogens (tertiary/aromatic N) is 2. The third-order valence-electron chi connectivity index (χ3n) is 5.18. The van der Waals surface area contributed by atoms with Gasteiger partial charge in [0, 0.05) is 32.0 Å². The van der Waals surface area contributed by atoms with Gasteiger partial charge in [-0.25, -0.2) is 14.0 Å². The normalized spacial score (nSPS) is 21.6. The molecule has 2 fully saturated rings. The Morgan fingerprint density at radius 3 is 2.07 bits per heavy atom. The number of ether oxygens (including phenoxy) is 2. The Hall–Kier alpha value is -2.28. The smallest absolute Gasteiger partial charge is 0.431 e. The molecule has 2 aliphatic rings. The van der Waals surface area contributed by atoms with Crippen molar-refractivity contribution in [3.05, 3.63) is 0 Å². The van der Waals surface area contributed by atoms with E-state index >= 15 is 0 Å². The van der Waals surface area contributed by atoms with Crippen molar-refractivity contribution in [3.8, 4) is 0 Å². The number of carbonyl (C=O) groups excluding carboxylic acids is 3. The Morgan fingerprint density at radius 2 is 1.60 bits per heavy atom. The van der Waals surface area contributed by atoms with Crippen LogP contribution in [0.15, 0.2) is 0 Å². The number of piperidine rings is 1. The molecule has 7 nitrogen and oxygen atoms in total. The van der Waals surface area contributed by atoms with Crippen LogP contribution in [-0.4, -0.2) is 84.7 Å². The summed E-state index contributed by atoms with van der Waals surface area (Å²) in [5.41, 5.74) is -5.49. The highest BCUT2D eigenvalue weighted by Gasteiger charge is 2.72. The number of hydrogen-bond donors (Lipinski definition) is 0. The van der Waals surface area contributed by atoms with Gasteiger partial charge in [-0.2, -0.15) is 26.3 Å². The van der Waals surface area contributed by atoms with E-state index in [4.69, 9.17) is 4.74 Å². The molecule has 1 atom stereocenters. The zero-order chi connectivity index (χ0) is 22.9. The van der Waals surface area contributed by atoms with Crippen LogP contribution in [0.25, 0.3) is 0 Å². The van der Waals surface area contributed by atoms with Gasteiger partial charge in [0.05, 0.1) is 7.11 Å². The Balaban J connectivity index is 1.96. The third-order valence-corrected chi connectivity index (χ3v) is 5.18. The van der Waals surface area contributed by atoms with Gasteiger partial charge in [0.2, 0.25) is 5.91 Å². The number of cyclic esters (lactones) is 1. The molecule has 2 heterocycles. The zero-order valence-electron chi connectivity index (χ0n) is 15.7. The van der Waals surface area contributed by atoms with E-state index in [2.05, 4.69) is 4.74 Å². The minimum Gasteiger partial charge on any atom is -0.467 e. The Bertz CT molecular complexity index is 660. The molecule has 0 N–H and O–H groups in total.